The number of aromatic amines is 1. The van der Waals surface area contributed by atoms with Crippen LogP contribution in [0, 0.1) is 0 Å². The molecule has 8 nitrogen and oxygen atoms in total. The fourth-order valence-electron chi connectivity index (χ4n) is 2.56. The number of hydrogen-bond acceptors (Lipinski definition) is 7. The van der Waals surface area contributed by atoms with Gasteiger partial charge in [-0.3, -0.25) is 0 Å². The Morgan fingerprint density at radius 3 is 2.77 bits per heavy atom. The Balaban J connectivity index is 1.51. The summed E-state index contributed by atoms with van der Waals surface area (Å²) in [6.07, 6.45) is 1.60. The van der Waals surface area contributed by atoms with Gasteiger partial charge in [0.15, 0.2) is 5.65 Å². The van der Waals surface area contributed by atoms with E-state index in [1.165, 1.54) is 7.11 Å². The number of hydrogen-bond donors (Lipinski definition) is 2. The van der Waals surface area contributed by atoms with Crippen molar-refractivity contribution in [3.63, 3.8) is 0 Å². The normalized spacial score (nSPS) is 11.3. The summed E-state index contributed by atoms with van der Waals surface area (Å²) in [5.41, 5.74) is 6.35. The average Bonchev–Trinajstić information content (AvgIpc) is 3.05. The summed E-state index contributed by atoms with van der Waals surface area (Å²) in [7, 11) is 1.35. The first kappa shape index (κ1) is 15.7. The molecule has 0 saturated heterocycles. The molecule has 0 atom stereocenters. The lowest BCUT2D eigenvalue weighted by Crippen LogP contribution is -2.01. The van der Waals surface area contributed by atoms with Crippen LogP contribution in [0.15, 0.2) is 53.6 Å². The van der Waals surface area contributed by atoms with E-state index in [1.54, 1.807) is 30.5 Å². The van der Waals surface area contributed by atoms with Crippen LogP contribution in [0.2, 0.25) is 0 Å². The van der Waals surface area contributed by atoms with Crippen molar-refractivity contribution in [2.24, 2.45) is 5.10 Å². The number of fused-ring (bicyclic) bond motifs is 3. The van der Waals surface area contributed by atoms with Crippen molar-refractivity contribution in [2.45, 2.75) is 0 Å². The second kappa shape index (κ2) is 6.60. The highest BCUT2D eigenvalue weighted by molar-refractivity contribution is 6.03. The minimum Gasteiger partial charge on any atom is -0.465 e. The molecule has 4 rings (SSSR count). The van der Waals surface area contributed by atoms with Crippen LogP contribution < -0.4 is 5.43 Å². The molecule has 0 radical (unpaired) electrons. The van der Waals surface area contributed by atoms with Crippen molar-refractivity contribution in [3.8, 4) is 0 Å². The largest absolute Gasteiger partial charge is 0.465 e. The number of carbonyl (C=O) groups excluding carboxylic acids is 1. The van der Waals surface area contributed by atoms with E-state index in [-0.39, 0.29) is 11.9 Å². The number of benzene rings is 2. The molecular formula is C18H14N6O2. The molecule has 0 amide bonds. The van der Waals surface area contributed by atoms with Gasteiger partial charge in [-0.2, -0.15) is 10.1 Å². The molecule has 26 heavy (non-hydrogen) atoms. The van der Waals surface area contributed by atoms with Crippen molar-refractivity contribution in [2.75, 3.05) is 12.5 Å². The number of methoxy groups -OCH3 is 1. The Hall–Kier alpha value is -3.81. The van der Waals surface area contributed by atoms with E-state index in [2.05, 4.69) is 35.4 Å². The van der Waals surface area contributed by atoms with Gasteiger partial charge in [0.05, 0.1) is 18.9 Å². The monoisotopic (exact) mass is 346 g/mol. The number of carbonyl (C=O) groups is 1. The van der Waals surface area contributed by atoms with Crippen molar-refractivity contribution < 1.29 is 9.53 Å². The summed E-state index contributed by atoms with van der Waals surface area (Å²) in [5.74, 6) is -0.0933. The fourth-order valence-corrected chi connectivity index (χ4v) is 2.56. The minimum atomic E-state index is -0.377. The third-order valence-corrected chi connectivity index (χ3v) is 3.83. The summed E-state index contributed by atoms with van der Waals surface area (Å²) in [6.45, 7) is 0. The van der Waals surface area contributed by atoms with E-state index in [1.807, 2.05) is 24.3 Å². The van der Waals surface area contributed by atoms with Crippen molar-refractivity contribution in [1.82, 2.24) is 20.2 Å². The summed E-state index contributed by atoms with van der Waals surface area (Å²) in [6, 6.07) is 14.7. The summed E-state index contributed by atoms with van der Waals surface area (Å²) < 4.78 is 4.66. The van der Waals surface area contributed by atoms with E-state index < -0.39 is 0 Å². The maximum Gasteiger partial charge on any atom is 0.337 e. The van der Waals surface area contributed by atoms with E-state index in [4.69, 9.17) is 0 Å². The number of aromatic nitrogens is 4. The Morgan fingerprint density at radius 1 is 1.15 bits per heavy atom. The predicted molar refractivity (Wildman–Crippen MR) is 98.2 cm³/mol. The molecule has 0 fully saturated rings. The molecule has 0 spiro atoms. The number of H-pyrrole nitrogens is 1. The standard InChI is InChI=1S/C18H14N6O2/c1-26-17(25)12-8-6-11(7-9-12)10-19-23-18-21-16-15(22-24-18)13-4-2-3-5-14(13)20-16/h2-10H,1H3,(H2,20,21,23,24). The lowest BCUT2D eigenvalue weighted by Gasteiger charge is -1.99. The number of rotatable bonds is 4. The second-order valence-corrected chi connectivity index (χ2v) is 5.49. The zero-order valence-electron chi connectivity index (χ0n) is 13.8. The van der Waals surface area contributed by atoms with Crippen molar-refractivity contribution in [1.29, 1.82) is 0 Å². The van der Waals surface area contributed by atoms with Gasteiger partial charge in [-0.05, 0) is 23.8 Å². The van der Waals surface area contributed by atoms with Crippen LogP contribution in [0.5, 0.6) is 0 Å². The van der Waals surface area contributed by atoms with Gasteiger partial charge in [-0.1, -0.05) is 30.3 Å². The number of hydrazone groups is 1. The number of esters is 1. The summed E-state index contributed by atoms with van der Waals surface area (Å²) in [5, 5.41) is 13.3. The lowest BCUT2D eigenvalue weighted by atomic mass is 10.1. The molecule has 128 valence electrons. The van der Waals surface area contributed by atoms with Crippen LogP contribution in [0.4, 0.5) is 5.95 Å². The maximum absolute atomic E-state index is 11.4. The first-order valence-corrected chi connectivity index (χ1v) is 7.83. The molecule has 0 bridgehead atoms. The van der Waals surface area contributed by atoms with Crippen molar-refractivity contribution >= 4 is 40.2 Å². The van der Waals surface area contributed by atoms with Crippen LogP contribution in [0.3, 0.4) is 0 Å². The molecule has 2 heterocycles. The van der Waals surface area contributed by atoms with Gasteiger partial charge in [0, 0.05) is 10.9 Å². The Kier molecular flexibility index (Phi) is 3.98. The Bertz CT molecular complexity index is 1120. The molecule has 2 N–H and O–H groups in total. The van der Waals surface area contributed by atoms with Gasteiger partial charge in [-0.15, -0.1) is 10.2 Å². The average molecular weight is 346 g/mol. The molecule has 8 heteroatoms. The Morgan fingerprint density at radius 2 is 1.96 bits per heavy atom. The number of anilines is 1. The van der Waals surface area contributed by atoms with E-state index in [9.17, 15) is 4.79 Å². The SMILES string of the molecule is COC(=O)c1ccc(C=NNc2nnc3c(n2)[nH]c2ccccc23)cc1. The van der Waals surface area contributed by atoms with Crippen molar-refractivity contribution in [3.05, 3.63) is 59.7 Å². The number of nitrogens with zero attached hydrogens (tertiary/aromatic N) is 4. The van der Waals surface area contributed by atoms with E-state index in [0.29, 0.717) is 16.7 Å². The van der Waals surface area contributed by atoms with Crippen LogP contribution in [-0.4, -0.2) is 39.5 Å². The molecule has 0 aliphatic heterocycles. The highest BCUT2D eigenvalue weighted by Crippen LogP contribution is 2.21. The van der Waals surface area contributed by atoms with Gasteiger partial charge in [-0.25, -0.2) is 10.2 Å². The highest BCUT2D eigenvalue weighted by atomic mass is 16.5. The molecule has 0 aliphatic rings. The third-order valence-electron chi connectivity index (χ3n) is 3.83. The topological polar surface area (TPSA) is 105 Å². The molecule has 0 unspecified atom stereocenters. The summed E-state index contributed by atoms with van der Waals surface area (Å²) >= 11 is 0. The van der Waals surface area contributed by atoms with Crippen LogP contribution in [-0.2, 0) is 4.74 Å². The van der Waals surface area contributed by atoms with Gasteiger partial charge >= 0.3 is 5.97 Å². The lowest BCUT2D eigenvalue weighted by molar-refractivity contribution is 0.0600. The Labute approximate surface area is 147 Å². The van der Waals surface area contributed by atoms with Gasteiger partial charge in [0.1, 0.15) is 5.52 Å². The van der Waals surface area contributed by atoms with Crippen LogP contribution in [0.25, 0.3) is 22.1 Å². The third kappa shape index (κ3) is 2.95. The summed E-state index contributed by atoms with van der Waals surface area (Å²) in [4.78, 5) is 19.0. The number of ether oxygens (including phenoxy) is 1. The molecule has 0 saturated carbocycles. The van der Waals surface area contributed by atoms with Crippen LogP contribution >= 0.6 is 0 Å². The second-order valence-electron chi connectivity index (χ2n) is 5.49. The van der Waals surface area contributed by atoms with Gasteiger partial charge < -0.3 is 9.72 Å². The van der Waals surface area contributed by atoms with Gasteiger partial charge in [0.25, 0.3) is 5.95 Å². The minimum absolute atomic E-state index is 0.284. The zero-order chi connectivity index (χ0) is 17.9. The highest BCUT2D eigenvalue weighted by Gasteiger charge is 2.08. The van der Waals surface area contributed by atoms with E-state index in [0.717, 1.165) is 16.5 Å². The van der Waals surface area contributed by atoms with E-state index >= 15 is 0 Å². The predicted octanol–water partition coefficient (Wildman–Crippen LogP) is 2.74. The molecule has 2 aromatic carbocycles. The molecule has 0 aliphatic carbocycles. The maximum atomic E-state index is 11.4. The first-order chi connectivity index (χ1) is 12.7. The molecule has 4 aromatic rings. The zero-order valence-corrected chi connectivity index (χ0v) is 13.8. The van der Waals surface area contributed by atoms with Gasteiger partial charge in [0.2, 0.25) is 0 Å². The molecular weight excluding hydrogens is 332 g/mol. The quantitative estimate of drug-likeness (QED) is 0.334. The number of para-hydroxylation sites is 1. The van der Waals surface area contributed by atoms with Crippen LogP contribution in [0.1, 0.15) is 15.9 Å². The fraction of sp³-hybridized carbons (Fsp3) is 0.0556. The smallest absolute Gasteiger partial charge is 0.337 e. The first-order valence-electron chi connectivity index (χ1n) is 7.83. The number of nitrogens with one attached hydrogen (secondary N) is 2. The molecule has 2 aromatic heterocycles.